The number of nitrogens with zero attached hydrogens (tertiary/aromatic N) is 5. The number of imide groups is 1. The number of aromatic amines is 1. The molecule has 6 aliphatic rings. The number of nitrogens with two attached hydrogens (primary N) is 1. The number of ketones is 2. The summed E-state index contributed by atoms with van der Waals surface area (Å²) in [7, 11) is 4.83. The van der Waals surface area contributed by atoms with Gasteiger partial charge in [-0.05, 0) is 89.3 Å². The highest BCUT2D eigenvalue weighted by molar-refractivity contribution is 8.76. The predicted octanol–water partition coefficient (Wildman–Crippen LogP) is 2.18. The molecule has 9 rings (SSSR count). The smallest absolute Gasteiger partial charge is 0.327 e. The molecule has 0 radical (unpaired) electrons. The first-order chi connectivity index (χ1) is 40.7. The van der Waals surface area contributed by atoms with Gasteiger partial charge in [0.2, 0.25) is 35.4 Å². The monoisotopic (exact) mass is 1230 g/mol. The maximum absolute atomic E-state index is 14.1. The number of Topliss-reactive ketones (excluding diaryl/α,β-unsaturated/α-hetero) is 2. The van der Waals surface area contributed by atoms with Gasteiger partial charge in [0.25, 0.3) is 11.5 Å². The van der Waals surface area contributed by atoms with Crippen molar-refractivity contribution >= 4 is 104 Å². The zero-order valence-corrected chi connectivity index (χ0v) is 50.2. The summed E-state index contributed by atoms with van der Waals surface area (Å²) in [5, 5.41) is 20.7. The molecule has 1 aromatic carbocycles. The van der Waals surface area contributed by atoms with Crippen molar-refractivity contribution in [1.29, 1.82) is 0 Å². The SMILES string of the molecule is CO[C@@]12[C@H](COC(C)=O)C3=C(C(=O)C(C)=C(CCCSSCCNC(=O)C4CCC(C)(OCCN5C(=O)CC(SC[C@H](NC(=O)CCCNC(=O)c6ccc(CCc7cnc8nc(N)[nH]c(=O)c8n7)cc6)C(=O)O)C5=O)CC4)C3=O)N1C[C@@H]1N[C@@H]12. The Kier molecular flexibility index (Phi) is 20.2. The normalized spacial score (nSPS) is 24.6. The number of methoxy groups -OCH3 is 1. The van der Waals surface area contributed by atoms with E-state index in [2.05, 4.69) is 41.2 Å². The summed E-state index contributed by atoms with van der Waals surface area (Å²) in [6.07, 6.45) is 6.15. The van der Waals surface area contributed by atoms with Crippen LogP contribution in [0.15, 0.2) is 57.7 Å². The Morgan fingerprint density at radius 1 is 0.953 bits per heavy atom. The van der Waals surface area contributed by atoms with Crippen LogP contribution in [0.1, 0.15) is 100 Å². The number of hydrogen-bond acceptors (Lipinski definition) is 22. The Morgan fingerprint density at radius 2 is 1.71 bits per heavy atom. The molecular formula is C57H71N11O14S3. The number of hydrogen-bond donors (Lipinski definition) is 7. The van der Waals surface area contributed by atoms with Gasteiger partial charge < -0.3 is 51.2 Å². The Balaban J connectivity index is 0.607. The predicted molar refractivity (Wildman–Crippen MR) is 315 cm³/mol. The van der Waals surface area contributed by atoms with E-state index in [4.69, 9.17) is 19.9 Å². The van der Waals surface area contributed by atoms with Gasteiger partial charge >= 0.3 is 11.9 Å². The van der Waals surface area contributed by atoms with Gasteiger partial charge in [-0.15, -0.1) is 11.8 Å². The molecule has 0 bridgehead atoms. The zero-order chi connectivity index (χ0) is 60.7. The number of rotatable bonds is 29. The molecule has 25 nitrogen and oxygen atoms in total. The first-order valence-corrected chi connectivity index (χ1v) is 32.0. The van der Waals surface area contributed by atoms with E-state index in [1.54, 1.807) is 59.9 Å². The van der Waals surface area contributed by atoms with Crippen LogP contribution in [-0.2, 0) is 65.4 Å². The van der Waals surface area contributed by atoms with Gasteiger partial charge in [-0.2, -0.15) is 4.98 Å². The van der Waals surface area contributed by atoms with Crippen molar-refractivity contribution in [3.63, 3.8) is 0 Å². The molecule has 0 spiro atoms. The molecule has 28 heteroatoms. The second-order valence-corrected chi connectivity index (χ2v) is 26.2. The Morgan fingerprint density at radius 3 is 2.44 bits per heavy atom. The fourth-order valence-corrected chi connectivity index (χ4v) is 15.1. The number of allylic oxidation sites excluding steroid dienone is 2. The Hall–Kier alpha value is -6.72. The number of nitrogens with one attached hydrogen (secondary N) is 5. The number of amides is 5. The first kappa shape index (κ1) is 62.8. The number of carboxylic acids is 1. The number of ether oxygens (including phenoxy) is 3. The summed E-state index contributed by atoms with van der Waals surface area (Å²) >= 11 is 0.991. The van der Waals surface area contributed by atoms with Gasteiger partial charge in [-0.3, -0.25) is 53.0 Å². The zero-order valence-electron chi connectivity index (χ0n) is 47.8. The summed E-state index contributed by atoms with van der Waals surface area (Å²) in [4.78, 5) is 147. The molecule has 456 valence electrons. The van der Waals surface area contributed by atoms with Crippen LogP contribution in [-0.4, -0.2) is 186 Å². The number of thioether (sulfide) groups is 1. The van der Waals surface area contributed by atoms with Crippen LogP contribution < -0.4 is 32.6 Å². The van der Waals surface area contributed by atoms with E-state index in [9.17, 15) is 53.1 Å². The second-order valence-electron chi connectivity index (χ2n) is 22.2. The quantitative estimate of drug-likeness (QED) is 0.0131. The number of fused-ring (bicyclic) bond motifs is 5. The lowest BCUT2D eigenvalue weighted by atomic mass is 9.79. The molecule has 6 heterocycles. The number of H-pyrrole nitrogens is 1. The highest BCUT2D eigenvalue weighted by atomic mass is 33.1. The van der Waals surface area contributed by atoms with Crippen LogP contribution in [0, 0.1) is 11.8 Å². The number of aromatic nitrogens is 4. The van der Waals surface area contributed by atoms with E-state index in [1.165, 1.54) is 13.1 Å². The van der Waals surface area contributed by atoms with Crippen LogP contribution in [0.4, 0.5) is 5.95 Å². The summed E-state index contributed by atoms with van der Waals surface area (Å²) in [6, 6.07) is 5.68. The summed E-state index contributed by atoms with van der Waals surface area (Å²) in [5.74, 6) is -3.49. The molecule has 3 aromatic rings. The molecule has 1 unspecified atom stereocenters. The summed E-state index contributed by atoms with van der Waals surface area (Å²) in [5.41, 5.74) is 7.41. The highest BCUT2D eigenvalue weighted by Gasteiger charge is 2.72. The number of likely N-dealkylation sites (tertiary alicyclic amines) is 1. The topological polar surface area (TPSA) is 364 Å². The standard InChI is InChI=1S/C57H71N11O14S3/c1-30-36(47(73)43-37(28-81-31(2)69)57(80-4)48-38(64-48)27-68(57)45(43)46(30)72)7-6-23-84-85-24-20-60-51(75)34-15-17-56(3,18-16-34)82-22-21-67-42(71)25-40(53(67)77)83-29-39(54(78)79)63-41(70)8-5-19-59-50(74)33-12-9-32(10-13-33)11-14-35-26-61-49-44(62-35)52(76)66-55(58)65-49/h9-10,12-13,26,34,37-40,48,64H,5-8,11,14-25,27-29H2,1-4H3,(H,59,74)(H,60,75)(H,63,70)(H,78,79)(H3,58,61,65,66,76)/t34?,37-,38+,39+,40?,48+,56?,57-/m1/s1. The van der Waals surface area contributed by atoms with Gasteiger partial charge in [0.15, 0.2) is 22.7 Å². The second kappa shape index (κ2) is 27.3. The van der Waals surface area contributed by atoms with Crippen LogP contribution in [0.3, 0.4) is 0 Å². The number of carbonyl (C=O) groups excluding carboxylic acids is 8. The number of carbonyl (C=O) groups is 9. The van der Waals surface area contributed by atoms with E-state index < -0.39 is 63.8 Å². The summed E-state index contributed by atoms with van der Waals surface area (Å²) in [6.45, 7) is 6.20. The minimum atomic E-state index is -1.32. The number of benzene rings is 1. The third-order valence-corrected chi connectivity index (χ3v) is 20.3. The van der Waals surface area contributed by atoms with Gasteiger partial charge in [0, 0.05) is 98.0 Å². The first-order valence-electron chi connectivity index (χ1n) is 28.5. The van der Waals surface area contributed by atoms with E-state index in [0.29, 0.717) is 104 Å². The molecule has 5 amide bonds. The Labute approximate surface area is 502 Å². The van der Waals surface area contributed by atoms with Crippen molar-refractivity contribution in [3.05, 3.63) is 80.1 Å². The van der Waals surface area contributed by atoms with Crippen molar-refractivity contribution < 1.29 is 62.5 Å². The molecule has 2 aliphatic carbocycles. The minimum Gasteiger partial charge on any atom is -0.480 e. The van der Waals surface area contributed by atoms with Gasteiger partial charge in [0.05, 0.1) is 53.6 Å². The molecule has 8 N–H and O–H groups in total. The number of nitrogen functional groups attached to an aromatic ring is 1. The number of carboxylic acid groups (broad SMARTS) is 1. The molecule has 2 aromatic heterocycles. The lowest BCUT2D eigenvalue weighted by molar-refractivity contribution is -0.156. The number of esters is 1. The molecule has 4 aliphatic heterocycles. The van der Waals surface area contributed by atoms with Crippen LogP contribution >= 0.6 is 33.3 Å². The van der Waals surface area contributed by atoms with Crippen molar-refractivity contribution in [1.82, 2.24) is 51.0 Å². The van der Waals surface area contributed by atoms with E-state index in [1.807, 2.05) is 11.8 Å². The maximum atomic E-state index is 14.1. The molecular weight excluding hydrogens is 1160 g/mol. The fraction of sp³-hybridized carbons (Fsp3) is 0.561. The minimum absolute atomic E-state index is 0.0227. The molecule has 1 saturated carbocycles. The van der Waals surface area contributed by atoms with Crippen molar-refractivity contribution in [2.45, 2.75) is 126 Å². The van der Waals surface area contributed by atoms with Crippen LogP contribution in [0.2, 0.25) is 0 Å². The average Bonchev–Trinajstić information content (AvgIpc) is 1.51. The van der Waals surface area contributed by atoms with Gasteiger partial charge in [-0.25, -0.2) is 14.8 Å². The molecule has 4 fully saturated rings. The highest BCUT2D eigenvalue weighted by Crippen LogP contribution is 2.56. The van der Waals surface area contributed by atoms with Gasteiger partial charge in [0.1, 0.15) is 12.6 Å². The van der Waals surface area contributed by atoms with Crippen molar-refractivity contribution in [3.8, 4) is 0 Å². The number of aliphatic carboxylic acids is 1. The maximum Gasteiger partial charge on any atom is 0.327 e. The van der Waals surface area contributed by atoms with E-state index in [-0.39, 0.29) is 110 Å². The number of piperazine rings is 1. The third-order valence-electron chi connectivity index (χ3n) is 16.6. The van der Waals surface area contributed by atoms with Gasteiger partial charge in [-0.1, -0.05) is 33.7 Å². The largest absolute Gasteiger partial charge is 0.480 e. The number of anilines is 1. The van der Waals surface area contributed by atoms with Crippen molar-refractivity contribution in [2.75, 3.05) is 69.5 Å². The molecule has 6 atom stereocenters. The average molecular weight is 1230 g/mol. The third kappa shape index (κ3) is 14.3. The lowest BCUT2D eigenvalue weighted by Crippen LogP contribution is -2.55. The van der Waals surface area contributed by atoms with E-state index in [0.717, 1.165) is 28.0 Å². The fourth-order valence-electron chi connectivity index (χ4n) is 11.9. The molecule has 3 saturated heterocycles. The van der Waals surface area contributed by atoms with Crippen LogP contribution in [0.25, 0.3) is 11.2 Å². The van der Waals surface area contributed by atoms with Crippen LogP contribution in [0.5, 0.6) is 0 Å². The Bertz CT molecular complexity index is 3260. The lowest BCUT2D eigenvalue weighted by Gasteiger charge is -2.39. The molecule has 85 heavy (non-hydrogen) atoms. The summed E-state index contributed by atoms with van der Waals surface area (Å²) < 4.78 is 17.8. The number of aryl methyl sites for hydroxylation is 2. The van der Waals surface area contributed by atoms with E-state index >= 15 is 0 Å². The van der Waals surface area contributed by atoms with Crippen molar-refractivity contribution in [2.24, 2.45) is 11.8 Å².